The van der Waals surface area contributed by atoms with Gasteiger partial charge >= 0.3 is 0 Å². The zero-order chi connectivity index (χ0) is 10.1. The van der Waals surface area contributed by atoms with Crippen molar-refractivity contribution in [1.82, 2.24) is 4.98 Å². The Kier molecular flexibility index (Phi) is 6.21. The van der Waals surface area contributed by atoms with Crippen LogP contribution in [0.1, 0.15) is 57.4 Å². The van der Waals surface area contributed by atoms with E-state index in [2.05, 4.69) is 24.2 Å². The van der Waals surface area contributed by atoms with Crippen LogP contribution in [0.3, 0.4) is 0 Å². The summed E-state index contributed by atoms with van der Waals surface area (Å²) in [4.78, 5) is 2.97. The van der Waals surface area contributed by atoms with Crippen LogP contribution in [0, 0.1) is 6.20 Å². The summed E-state index contributed by atoms with van der Waals surface area (Å²) in [5, 5.41) is 0. The summed E-state index contributed by atoms with van der Waals surface area (Å²) in [7, 11) is 0. The van der Waals surface area contributed by atoms with E-state index < -0.39 is 0 Å². The van der Waals surface area contributed by atoms with Crippen LogP contribution >= 0.6 is 0 Å². The van der Waals surface area contributed by atoms with Gasteiger partial charge in [0.05, 0.1) is 6.20 Å². The van der Waals surface area contributed by atoms with Crippen molar-refractivity contribution in [2.75, 3.05) is 0 Å². The monoisotopic (exact) mass is 192 g/mol. The average Bonchev–Trinajstić information content (AvgIpc) is 2.69. The van der Waals surface area contributed by atoms with E-state index in [0.717, 1.165) is 0 Å². The van der Waals surface area contributed by atoms with Crippen molar-refractivity contribution in [3.05, 3.63) is 24.0 Å². The fourth-order valence-corrected chi connectivity index (χ4v) is 1.74. The second-order valence-corrected chi connectivity index (χ2v) is 4.00. The SMILES string of the molecule is CCCCCCCCCc1[c][nH]cc1. The van der Waals surface area contributed by atoms with E-state index in [1.54, 1.807) is 0 Å². The van der Waals surface area contributed by atoms with Crippen molar-refractivity contribution in [3.63, 3.8) is 0 Å². The molecule has 79 valence electrons. The molecule has 1 aromatic heterocycles. The molecule has 0 aliphatic heterocycles. The van der Waals surface area contributed by atoms with E-state index in [1.165, 1.54) is 56.9 Å². The first kappa shape index (κ1) is 11.4. The van der Waals surface area contributed by atoms with E-state index >= 15 is 0 Å². The molecule has 1 aromatic rings. The maximum atomic E-state index is 3.12. The Morgan fingerprint density at radius 3 is 2.43 bits per heavy atom. The molecular formula is C13H22N. The zero-order valence-electron chi connectivity index (χ0n) is 9.31. The predicted molar refractivity (Wildman–Crippen MR) is 61.3 cm³/mol. The molecule has 1 nitrogen and oxygen atoms in total. The van der Waals surface area contributed by atoms with Gasteiger partial charge in [-0.1, -0.05) is 45.4 Å². The molecule has 0 saturated carbocycles. The number of rotatable bonds is 8. The lowest BCUT2D eigenvalue weighted by Crippen LogP contribution is -1.84. The van der Waals surface area contributed by atoms with Gasteiger partial charge < -0.3 is 4.98 Å². The van der Waals surface area contributed by atoms with Gasteiger partial charge in [-0.15, -0.1) is 0 Å². The summed E-state index contributed by atoms with van der Waals surface area (Å²) in [6.45, 7) is 2.27. The van der Waals surface area contributed by atoms with Gasteiger partial charge in [-0.25, -0.2) is 0 Å². The largest absolute Gasteiger partial charge is 0.360 e. The molecule has 0 unspecified atom stereocenters. The fraction of sp³-hybridized carbons (Fsp3) is 0.692. The Morgan fingerprint density at radius 2 is 1.79 bits per heavy atom. The standard InChI is InChI=1S/C13H22N/c1-2-3-4-5-6-7-8-9-13-10-11-14-12-13/h10-11,14H,2-9H2,1H3. The molecule has 0 atom stereocenters. The van der Waals surface area contributed by atoms with Gasteiger partial charge in [0, 0.05) is 6.20 Å². The molecule has 0 aromatic carbocycles. The lowest BCUT2D eigenvalue weighted by Gasteiger charge is -1.99. The topological polar surface area (TPSA) is 15.8 Å². The normalized spacial score (nSPS) is 10.6. The van der Waals surface area contributed by atoms with Gasteiger partial charge in [0.1, 0.15) is 0 Å². The van der Waals surface area contributed by atoms with E-state index in [4.69, 9.17) is 0 Å². The number of aromatic amines is 1. The van der Waals surface area contributed by atoms with Crippen LogP contribution in [0.15, 0.2) is 12.3 Å². The van der Waals surface area contributed by atoms with E-state index in [-0.39, 0.29) is 0 Å². The maximum Gasteiger partial charge on any atom is 0.0654 e. The van der Waals surface area contributed by atoms with Crippen molar-refractivity contribution >= 4 is 0 Å². The smallest absolute Gasteiger partial charge is 0.0654 e. The molecule has 1 N–H and O–H groups in total. The number of H-pyrrole nitrogens is 1. The number of aryl methyl sites for hydroxylation is 1. The van der Waals surface area contributed by atoms with Crippen LogP contribution in [-0.4, -0.2) is 4.98 Å². The molecule has 1 radical (unpaired) electrons. The van der Waals surface area contributed by atoms with Gasteiger partial charge in [0.25, 0.3) is 0 Å². The van der Waals surface area contributed by atoms with Crippen molar-refractivity contribution in [1.29, 1.82) is 0 Å². The Bertz CT molecular complexity index is 201. The Labute approximate surface area is 87.9 Å². The molecule has 0 bridgehead atoms. The molecule has 1 heteroatoms. The third kappa shape index (κ3) is 5.11. The summed E-state index contributed by atoms with van der Waals surface area (Å²) in [6, 6.07) is 2.12. The number of nitrogens with one attached hydrogen (secondary N) is 1. The third-order valence-electron chi connectivity index (χ3n) is 2.65. The lowest BCUT2D eigenvalue weighted by molar-refractivity contribution is 0.589. The van der Waals surface area contributed by atoms with Crippen molar-refractivity contribution in [2.45, 2.75) is 58.3 Å². The van der Waals surface area contributed by atoms with Gasteiger partial charge in [-0.3, -0.25) is 0 Å². The van der Waals surface area contributed by atoms with Gasteiger partial charge in [0.15, 0.2) is 0 Å². The molecule has 0 saturated heterocycles. The van der Waals surface area contributed by atoms with Crippen LogP contribution in [-0.2, 0) is 6.42 Å². The second-order valence-electron chi connectivity index (χ2n) is 4.00. The highest BCUT2D eigenvalue weighted by molar-refractivity contribution is 5.06. The summed E-state index contributed by atoms with van der Waals surface area (Å²) in [6.07, 6.45) is 16.0. The predicted octanol–water partition coefficient (Wildman–Crippen LogP) is 4.11. The first-order chi connectivity index (χ1) is 6.93. The maximum absolute atomic E-state index is 3.12. The molecule has 0 aliphatic carbocycles. The Morgan fingerprint density at radius 1 is 1.07 bits per heavy atom. The number of aromatic nitrogens is 1. The van der Waals surface area contributed by atoms with Crippen LogP contribution in [0.2, 0.25) is 0 Å². The highest BCUT2D eigenvalue weighted by Gasteiger charge is 1.94. The summed E-state index contributed by atoms with van der Waals surface area (Å²) in [5.41, 5.74) is 1.33. The van der Waals surface area contributed by atoms with Gasteiger partial charge in [-0.05, 0) is 24.5 Å². The highest BCUT2D eigenvalue weighted by atomic mass is 14.6. The highest BCUT2D eigenvalue weighted by Crippen LogP contribution is 2.09. The first-order valence-corrected chi connectivity index (χ1v) is 5.97. The minimum atomic E-state index is 1.19. The van der Waals surface area contributed by atoms with Gasteiger partial charge in [-0.2, -0.15) is 0 Å². The van der Waals surface area contributed by atoms with E-state index in [9.17, 15) is 0 Å². The first-order valence-electron chi connectivity index (χ1n) is 5.97. The summed E-state index contributed by atoms with van der Waals surface area (Å²) < 4.78 is 0. The Balaban J connectivity index is 1.85. The fourth-order valence-electron chi connectivity index (χ4n) is 1.74. The molecule has 1 heterocycles. The molecule has 1 rings (SSSR count). The van der Waals surface area contributed by atoms with Crippen LogP contribution in [0.5, 0.6) is 0 Å². The van der Waals surface area contributed by atoms with Crippen LogP contribution in [0.4, 0.5) is 0 Å². The number of hydrogen-bond donors (Lipinski definition) is 1. The molecule has 0 spiro atoms. The van der Waals surface area contributed by atoms with Crippen molar-refractivity contribution in [3.8, 4) is 0 Å². The molecular weight excluding hydrogens is 170 g/mol. The van der Waals surface area contributed by atoms with Gasteiger partial charge in [0.2, 0.25) is 0 Å². The average molecular weight is 192 g/mol. The zero-order valence-corrected chi connectivity index (χ0v) is 9.31. The molecule has 0 fully saturated rings. The van der Waals surface area contributed by atoms with Crippen molar-refractivity contribution < 1.29 is 0 Å². The number of hydrogen-bond acceptors (Lipinski definition) is 0. The minimum absolute atomic E-state index is 1.19. The van der Waals surface area contributed by atoms with Crippen molar-refractivity contribution in [2.24, 2.45) is 0 Å². The van der Waals surface area contributed by atoms with Crippen LogP contribution < -0.4 is 0 Å². The summed E-state index contributed by atoms with van der Waals surface area (Å²) >= 11 is 0. The Hall–Kier alpha value is -0.720. The third-order valence-corrected chi connectivity index (χ3v) is 2.65. The van der Waals surface area contributed by atoms with E-state index in [0.29, 0.717) is 0 Å². The molecule has 0 amide bonds. The quantitative estimate of drug-likeness (QED) is 0.597. The van der Waals surface area contributed by atoms with E-state index in [1.807, 2.05) is 6.20 Å². The van der Waals surface area contributed by atoms with Crippen LogP contribution in [0.25, 0.3) is 0 Å². The second kappa shape index (κ2) is 7.66. The number of unbranched alkanes of at least 4 members (excludes halogenated alkanes) is 6. The molecule has 0 aliphatic rings. The minimum Gasteiger partial charge on any atom is -0.360 e. The lowest BCUT2D eigenvalue weighted by atomic mass is 10.1. The molecule has 14 heavy (non-hydrogen) atoms. The summed E-state index contributed by atoms with van der Waals surface area (Å²) in [5.74, 6) is 0.